The van der Waals surface area contributed by atoms with Crippen LogP contribution in [0.3, 0.4) is 0 Å². The second-order valence-electron chi connectivity index (χ2n) is 6.30. The van der Waals surface area contributed by atoms with Gasteiger partial charge in [-0.15, -0.1) is 0 Å². The molecule has 1 aromatic rings. The number of hydrogen-bond donors (Lipinski definition) is 1. The van der Waals surface area contributed by atoms with Gasteiger partial charge in [-0.1, -0.05) is 41.0 Å². The van der Waals surface area contributed by atoms with E-state index >= 15 is 0 Å². The predicted octanol–water partition coefficient (Wildman–Crippen LogP) is 3.92. The standard InChI is InChI=1S/C17H29NO3S/c1-6-7-10-21-17-9-8-15(11-16(17)14(4)5)22(19,20)18-12-13(2)3/h8-9,11,13-14,18H,6-7,10,12H2,1-5H3. The van der Waals surface area contributed by atoms with Gasteiger partial charge in [0.2, 0.25) is 10.0 Å². The molecule has 1 aromatic carbocycles. The molecule has 0 amide bonds. The van der Waals surface area contributed by atoms with Crippen LogP contribution < -0.4 is 9.46 Å². The highest BCUT2D eigenvalue weighted by atomic mass is 32.2. The van der Waals surface area contributed by atoms with Crippen molar-refractivity contribution in [3.8, 4) is 5.75 Å². The molecule has 1 N–H and O–H groups in total. The van der Waals surface area contributed by atoms with E-state index in [2.05, 4.69) is 11.6 Å². The molecular weight excluding hydrogens is 298 g/mol. The topological polar surface area (TPSA) is 55.4 Å². The lowest BCUT2D eigenvalue weighted by Crippen LogP contribution is -2.27. The van der Waals surface area contributed by atoms with Gasteiger partial charge in [0.25, 0.3) is 0 Å². The SMILES string of the molecule is CCCCOc1ccc(S(=O)(=O)NCC(C)C)cc1C(C)C. The maximum Gasteiger partial charge on any atom is 0.240 e. The van der Waals surface area contributed by atoms with Crippen LogP contribution in [0.4, 0.5) is 0 Å². The summed E-state index contributed by atoms with van der Waals surface area (Å²) in [5, 5.41) is 0. The van der Waals surface area contributed by atoms with Crippen LogP contribution in [0.1, 0.15) is 58.9 Å². The minimum Gasteiger partial charge on any atom is -0.493 e. The fraction of sp³-hybridized carbons (Fsp3) is 0.647. The lowest BCUT2D eigenvalue weighted by atomic mass is 10.0. The van der Waals surface area contributed by atoms with Gasteiger partial charge >= 0.3 is 0 Å². The molecule has 0 fully saturated rings. The third-order valence-corrected chi connectivity index (χ3v) is 4.77. The zero-order chi connectivity index (χ0) is 16.8. The minimum atomic E-state index is -3.46. The van der Waals surface area contributed by atoms with Crippen molar-refractivity contribution in [3.05, 3.63) is 23.8 Å². The summed E-state index contributed by atoms with van der Waals surface area (Å²) in [6.45, 7) is 11.3. The molecule has 0 spiro atoms. The number of ether oxygens (including phenoxy) is 1. The van der Waals surface area contributed by atoms with E-state index in [1.54, 1.807) is 18.2 Å². The monoisotopic (exact) mass is 327 g/mol. The largest absolute Gasteiger partial charge is 0.493 e. The van der Waals surface area contributed by atoms with Crippen molar-refractivity contribution in [2.45, 2.75) is 58.3 Å². The van der Waals surface area contributed by atoms with Crippen molar-refractivity contribution in [2.24, 2.45) is 5.92 Å². The van der Waals surface area contributed by atoms with Crippen molar-refractivity contribution in [1.29, 1.82) is 0 Å². The first kappa shape index (κ1) is 19.0. The zero-order valence-electron chi connectivity index (χ0n) is 14.3. The molecule has 5 heteroatoms. The van der Waals surface area contributed by atoms with Gasteiger partial charge in [0.05, 0.1) is 11.5 Å². The summed E-state index contributed by atoms with van der Waals surface area (Å²) in [6, 6.07) is 5.12. The molecule has 0 unspecified atom stereocenters. The van der Waals surface area contributed by atoms with Gasteiger partial charge in [0, 0.05) is 6.54 Å². The molecular formula is C17H29NO3S. The molecule has 0 radical (unpaired) electrons. The molecule has 0 atom stereocenters. The van der Waals surface area contributed by atoms with Gasteiger partial charge in [-0.25, -0.2) is 13.1 Å². The van der Waals surface area contributed by atoms with Crippen molar-refractivity contribution in [1.82, 2.24) is 4.72 Å². The van der Waals surface area contributed by atoms with E-state index in [4.69, 9.17) is 4.74 Å². The number of sulfonamides is 1. The highest BCUT2D eigenvalue weighted by molar-refractivity contribution is 7.89. The van der Waals surface area contributed by atoms with Crippen LogP contribution in [-0.4, -0.2) is 21.6 Å². The van der Waals surface area contributed by atoms with Gasteiger partial charge in [0.15, 0.2) is 0 Å². The van der Waals surface area contributed by atoms with Crippen LogP contribution in [0.2, 0.25) is 0 Å². The molecule has 4 nitrogen and oxygen atoms in total. The lowest BCUT2D eigenvalue weighted by molar-refractivity contribution is 0.305. The van der Waals surface area contributed by atoms with Gasteiger partial charge in [-0.05, 0) is 42.0 Å². The van der Waals surface area contributed by atoms with Gasteiger partial charge in [-0.3, -0.25) is 0 Å². The van der Waals surface area contributed by atoms with Crippen molar-refractivity contribution in [2.75, 3.05) is 13.2 Å². The number of nitrogens with one attached hydrogen (secondary N) is 1. The minimum absolute atomic E-state index is 0.205. The lowest BCUT2D eigenvalue weighted by Gasteiger charge is -2.16. The van der Waals surface area contributed by atoms with E-state index in [1.807, 2.05) is 27.7 Å². The van der Waals surface area contributed by atoms with E-state index in [1.165, 1.54) is 0 Å². The van der Waals surface area contributed by atoms with Crippen LogP contribution in [0, 0.1) is 5.92 Å². The Balaban J connectivity index is 3.01. The Labute approximate surface area is 135 Å². The van der Waals surface area contributed by atoms with E-state index in [0.29, 0.717) is 18.0 Å². The van der Waals surface area contributed by atoms with Crippen molar-refractivity contribution >= 4 is 10.0 Å². The quantitative estimate of drug-likeness (QED) is 0.699. The second kappa shape index (κ2) is 8.53. The molecule has 0 aliphatic heterocycles. The average molecular weight is 327 g/mol. The van der Waals surface area contributed by atoms with E-state index in [-0.39, 0.29) is 11.8 Å². The third-order valence-electron chi connectivity index (χ3n) is 3.35. The normalized spacial score (nSPS) is 12.1. The molecule has 0 aliphatic carbocycles. The molecule has 0 aromatic heterocycles. The van der Waals surface area contributed by atoms with Crippen LogP contribution in [0.15, 0.2) is 23.1 Å². The molecule has 22 heavy (non-hydrogen) atoms. The Morgan fingerprint density at radius 2 is 1.86 bits per heavy atom. The number of unbranched alkanes of at least 4 members (excludes halogenated alkanes) is 1. The van der Waals surface area contributed by atoms with E-state index in [0.717, 1.165) is 24.2 Å². The summed E-state index contributed by atoms with van der Waals surface area (Å²) in [5.74, 6) is 1.26. The first-order chi connectivity index (χ1) is 10.3. The zero-order valence-corrected chi connectivity index (χ0v) is 15.2. The summed E-state index contributed by atoms with van der Waals surface area (Å²) in [5.41, 5.74) is 0.934. The van der Waals surface area contributed by atoms with Crippen LogP contribution in [-0.2, 0) is 10.0 Å². The summed E-state index contributed by atoms with van der Waals surface area (Å²) in [6.07, 6.45) is 2.07. The molecule has 0 aliphatic rings. The number of hydrogen-bond acceptors (Lipinski definition) is 3. The maximum atomic E-state index is 12.3. The first-order valence-corrected chi connectivity index (χ1v) is 9.52. The molecule has 126 valence electrons. The third kappa shape index (κ3) is 5.61. The summed E-state index contributed by atoms with van der Waals surface area (Å²) >= 11 is 0. The van der Waals surface area contributed by atoms with Crippen molar-refractivity contribution in [3.63, 3.8) is 0 Å². The van der Waals surface area contributed by atoms with Crippen molar-refractivity contribution < 1.29 is 13.2 Å². The molecule has 1 rings (SSSR count). The Morgan fingerprint density at radius 1 is 1.18 bits per heavy atom. The number of rotatable bonds is 9. The van der Waals surface area contributed by atoms with Crippen LogP contribution >= 0.6 is 0 Å². The van der Waals surface area contributed by atoms with Gasteiger partial charge in [-0.2, -0.15) is 0 Å². The predicted molar refractivity (Wildman–Crippen MR) is 91.0 cm³/mol. The molecule has 0 heterocycles. The molecule has 0 bridgehead atoms. The number of benzene rings is 1. The van der Waals surface area contributed by atoms with Gasteiger partial charge < -0.3 is 4.74 Å². The Kier molecular flexibility index (Phi) is 7.36. The van der Waals surface area contributed by atoms with E-state index < -0.39 is 10.0 Å². The summed E-state index contributed by atoms with van der Waals surface area (Å²) < 4.78 is 33.1. The smallest absolute Gasteiger partial charge is 0.240 e. The second-order valence-corrected chi connectivity index (χ2v) is 8.07. The molecule has 0 saturated carbocycles. The van der Waals surface area contributed by atoms with Crippen LogP contribution in [0.5, 0.6) is 5.75 Å². The summed E-state index contributed by atoms with van der Waals surface area (Å²) in [4.78, 5) is 0.305. The fourth-order valence-electron chi connectivity index (χ4n) is 1.96. The fourth-order valence-corrected chi connectivity index (χ4v) is 3.21. The first-order valence-electron chi connectivity index (χ1n) is 8.04. The highest BCUT2D eigenvalue weighted by Gasteiger charge is 2.18. The average Bonchev–Trinajstić information content (AvgIpc) is 2.45. The molecule has 0 saturated heterocycles. The Morgan fingerprint density at radius 3 is 2.41 bits per heavy atom. The van der Waals surface area contributed by atoms with Gasteiger partial charge in [0.1, 0.15) is 5.75 Å². The Hall–Kier alpha value is -1.07. The van der Waals surface area contributed by atoms with E-state index in [9.17, 15) is 8.42 Å². The summed E-state index contributed by atoms with van der Waals surface area (Å²) in [7, 11) is -3.46. The Bertz CT molecular complexity index is 565. The highest BCUT2D eigenvalue weighted by Crippen LogP contribution is 2.29. The van der Waals surface area contributed by atoms with Crippen LogP contribution in [0.25, 0.3) is 0 Å². The maximum absolute atomic E-state index is 12.3.